The molecule has 0 saturated heterocycles. The average molecular weight is 330 g/mol. The zero-order chi connectivity index (χ0) is 16.5. The molecule has 0 amide bonds. The summed E-state index contributed by atoms with van der Waals surface area (Å²) in [6.07, 6.45) is 3.98. The molecule has 24 heavy (non-hydrogen) atoms. The second-order valence-electron chi connectivity index (χ2n) is 6.45. The second kappa shape index (κ2) is 6.43. The maximum atomic E-state index is 13.9. The van der Waals surface area contributed by atoms with E-state index in [9.17, 15) is 8.78 Å². The van der Waals surface area contributed by atoms with Gasteiger partial charge < -0.3 is 10.6 Å². The van der Waals surface area contributed by atoms with Crippen molar-refractivity contribution in [3.8, 4) is 0 Å². The first-order chi connectivity index (χ1) is 11.7. The molecule has 1 aromatic carbocycles. The first kappa shape index (κ1) is 15.4. The van der Waals surface area contributed by atoms with Gasteiger partial charge in [-0.3, -0.25) is 0 Å². The lowest BCUT2D eigenvalue weighted by Gasteiger charge is -2.15. The first-order valence-corrected chi connectivity index (χ1v) is 8.49. The number of aromatic nitrogens is 2. The van der Waals surface area contributed by atoms with E-state index in [4.69, 9.17) is 9.97 Å². The number of anilines is 1. The van der Waals surface area contributed by atoms with Gasteiger partial charge in [-0.25, -0.2) is 18.7 Å². The van der Waals surface area contributed by atoms with E-state index < -0.39 is 11.6 Å². The molecular formula is C18H20F2N4. The summed E-state index contributed by atoms with van der Waals surface area (Å²) in [4.78, 5) is 9.45. The van der Waals surface area contributed by atoms with Gasteiger partial charge in [0.1, 0.15) is 11.6 Å². The number of rotatable bonds is 4. The van der Waals surface area contributed by atoms with Gasteiger partial charge in [0.25, 0.3) is 0 Å². The summed E-state index contributed by atoms with van der Waals surface area (Å²) < 4.78 is 27.2. The predicted molar refractivity (Wildman–Crippen MR) is 88.0 cm³/mol. The molecule has 1 saturated carbocycles. The second-order valence-corrected chi connectivity index (χ2v) is 6.45. The van der Waals surface area contributed by atoms with Crippen LogP contribution in [0.25, 0.3) is 0 Å². The van der Waals surface area contributed by atoms with E-state index in [0.29, 0.717) is 11.5 Å². The van der Waals surface area contributed by atoms with Crippen molar-refractivity contribution in [3.63, 3.8) is 0 Å². The topological polar surface area (TPSA) is 49.8 Å². The summed E-state index contributed by atoms with van der Waals surface area (Å²) in [6, 6.07) is 4.25. The summed E-state index contributed by atoms with van der Waals surface area (Å²) in [6.45, 7) is 2.00. The van der Waals surface area contributed by atoms with Crippen LogP contribution >= 0.6 is 0 Å². The molecule has 0 atom stereocenters. The third-order valence-corrected chi connectivity index (χ3v) is 4.62. The summed E-state index contributed by atoms with van der Waals surface area (Å²) in [5.41, 5.74) is 2.49. The minimum atomic E-state index is -0.821. The largest absolute Gasteiger partial charge is 0.366 e. The molecule has 1 aliphatic carbocycles. The van der Waals surface area contributed by atoms with Gasteiger partial charge in [-0.15, -0.1) is 0 Å². The van der Waals surface area contributed by atoms with Crippen LogP contribution in [0.2, 0.25) is 0 Å². The maximum Gasteiger partial charge on any atom is 0.163 e. The number of nitrogens with one attached hydrogen (secondary N) is 2. The monoisotopic (exact) mass is 330 g/mol. The molecule has 1 aromatic heterocycles. The van der Waals surface area contributed by atoms with Crippen LogP contribution < -0.4 is 10.6 Å². The molecule has 0 radical (unpaired) electrons. The number of nitrogens with zero attached hydrogens (tertiary/aromatic N) is 2. The van der Waals surface area contributed by atoms with Crippen molar-refractivity contribution in [1.82, 2.24) is 15.3 Å². The van der Waals surface area contributed by atoms with Gasteiger partial charge in [0.05, 0.1) is 5.69 Å². The summed E-state index contributed by atoms with van der Waals surface area (Å²) >= 11 is 0. The normalized spacial score (nSPS) is 17.2. The molecule has 2 aliphatic rings. The first-order valence-electron chi connectivity index (χ1n) is 8.49. The third kappa shape index (κ3) is 3.11. The Labute approximate surface area is 139 Å². The molecule has 1 aliphatic heterocycles. The van der Waals surface area contributed by atoms with Crippen LogP contribution in [0.4, 0.5) is 14.6 Å². The lowest BCUT2D eigenvalue weighted by Crippen LogP contribution is -2.16. The van der Waals surface area contributed by atoms with Crippen LogP contribution in [0.5, 0.6) is 0 Å². The Bertz CT molecular complexity index is 759. The van der Waals surface area contributed by atoms with E-state index in [1.54, 1.807) is 6.07 Å². The average Bonchev–Trinajstić information content (AvgIpc) is 3.42. The van der Waals surface area contributed by atoms with Crippen molar-refractivity contribution in [1.29, 1.82) is 0 Å². The molecule has 2 aromatic rings. The summed E-state index contributed by atoms with van der Waals surface area (Å²) in [5, 5.41) is 6.59. The van der Waals surface area contributed by atoms with Crippen molar-refractivity contribution < 1.29 is 8.78 Å². The Morgan fingerprint density at radius 3 is 2.79 bits per heavy atom. The van der Waals surface area contributed by atoms with Crippen LogP contribution in [0.15, 0.2) is 18.2 Å². The molecule has 6 heteroatoms. The van der Waals surface area contributed by atoms with Crippen molar-refractivity contribution in [3.05, 3.63) is 52.5 Å². The van der Waals surface area contributed by atoms with Crippen LogP contribution in [0.3, 0.4) is 0 Å². The molecule has 126 valence electrons. The van der Waals surface area contributed by atoms with Gasteiger partial charge in [-0.05, 0) is 31.9 Å². The van der Waals surface area contributed by atoms with Gasteiger partial charge >= 0.3 is 0 Å². The smallest absolute Gasteiger partial charge is 0.163 e. The van der Waals surface area contributed by atoms with E-state index in [1.807, 2.05) is 0 Å². The Morgan fingerprint density at radius 1 is 1.12 bits per heavy atom. The maximum absolute atomic E-state index is 13.9. The van der Waals surface area contributed by atoms with E-state index in [-0.39, 0.29) is 6.54 Å². The molecule has 0 bridgehead atoms. The number of fused-ring (bicyclic) bond motifs is 1. The Kier molecular flexibility index (Phi) is 4.14. The molecule has 1 fully saturated rings. The molecule has 0 unspecified atom stereocenters. The predicted octanol–water partition coefficient (Wildman–Crippen LogP) is 2.93. The zero-order valence-electron chi connectivity index (χ0n) is 13.4. The van der Waals surface area contributed by atoms with Crippen molar-refractivity contribution >= 4 is 5.82 Å². The highest BCUT2D eigenvalue weighted by atomic mass is 19.2. The molecule has 0 spiro atoms. The highest BCUT2D eigenvalue weighted by Gasteiger charge is 2.29. The van der Waals surface area contributed by atoms with E-state index in [2.05, 4.69) is 10.6 Å². The quantitative estimate of drug-likeness (QED) is 0.905. The number of hydrogen-bond donors (Lipinski definition) is 2. The van der Waals surface area contributed by atoms with Crippen molar-refractivity contribution in [2.24, 2.45) is 0 Å². The molecule has 4 rings (SSSR count). The van der Waals surface area contributed by atoms with Crippen LogP contribution in [0.1, 0.15) is 41.4 Å². The van der Waals surface area contributed by atoms with Crippen LogP contribution in [-0.2, 0) is 19.4 Å². The third-order valence-electron chi connectivity index (χ3n) is 4.62. The fraction of sp³-hybridized carbons (Fsp3) is 0.444. The van der Waals surface area contributed by atoms with Crippen LogP contribution in [0, 0.1) is 11.6 Å². The highest BCUT2D eigenvalue weighted by molar-refractivity contribution is 5.48. The Hall–Kier alpha value is -2.08. The summed E-state index contributed by atoms with van der Waals surface area (Å²) in [7, 11) is 0. The van der Waals surface area contributed by atoms with Crippen molar-refractivity contribution in [2.75, 3.05) is 18.4 Å². The van der Waals surface area contributed by atoms with Gasteiger partial charge in [0.2, 0.25) is 0 Å². The zero-order valence-corrected chi connectivity index (χ0v) is 13.4. The molecule has 4 nitrogen and oxygen atoms in total. The highest BCUT2D eigenvalue weighted by Crippen LogP contribution is 2.39. The minimum Gasteiger partial charge on any atom is -0.366 e. The molecule has 2 heterocycles. The van der Waals surface area contributed by atoms with Crippen LogP contribution in [-0.4, -0.2) is 23.1 Å². The number of hydrogen-bond acceptors (Lipinski definition) is 4. The fourth-order valence-electron chi connectivity index (χ4n) is 3.10. The standard InChI is InChI=1S/C18H20F2N4/c19-14-3-1-2-12(16(14)20)10-22-18-13-6-8-21-9-7-15(13)23-17(24-18)11-4-5-11/h1-3,11,21H,4-10H2,(H,22,23,24). The lowest BCUT2D eigenvalue weighted by atomic mass is 10.1. The summed E-state index contributed by atoms with van der Waals surface area (Å²) in [5.74, 6) is 0.498. The fourth-order valence-corrected chi connectivity index (χ4v) is 3.10. The van der Waals surface area contributed by atoms with Crippen molar-refractivity contribution in [2.45, 2.75) is 38.1 Å². The number of halogens is 2. The van der Waals surface area contributed by atoms with Gasteiger partial charge in [0.15, 0.2) is 11.6 Å². The lowest BCUT2D eigenvalue weighted by molar-refractivity contribution is 0.500. The Morgan fingerprint density at radius 2 is 1.96 bits per heavy atom. The van der Waals surface area contributed by atoms with E-state index in [0.717, 1.165) is 67.7 Å². The van der Waals surface area contributed by atoms with Gasteiger partial charge in [-0.2, -0.15) is 0 Å². The van der Waals surface area contributed by atoms with Gasteiger partial charge in [-0.1, -0.05) is 12.1 Å². The van der Waals surface area contributed by atoms with E-state index in [1.165, 1.54) is 6.07 Å². The van der Waals surface area contributed by atoms with E-state index >= 15 is 0 Å². The van der Waals surface area contributed by atoms with Gasteiger partial charge in [0, 0.05) is 36.6 Å². The minimum absolute atomic E-state index is 0.213. The SMILES string of the molecule is Fc1cccc(CNc2nc(C3CC3)nc3c2CCNCC3)c1F. The molecular weight excluding hydrogens is 310 g/mol. The number of benzene rings is 1. The molecule has 2 N–H and O–H groups in total. The Balaban J connectivity index is 1.63.